The molecule has 1 saturated heterocycles. The normalized spacial score (nSPS) is 37.4. The van der Waals surface area contributed by atoms with Gasteiger partial charge in [-0.05, 0) is 44.7 Å². The third-order valence-electron chi connectivity index (χ3n) is 4.34. The summed E-state index contributed by atoms with van der Waals surface area (Å²) in [7, 11) is 2.32. The quantitative estimate of drug-likeness (QED) is 0.767. The summed E-state index contributed by atoms with van der Waals surface area (Å²) in [6.45, 7) is 6.16. The zero-order chi connectivity index (χ0) is 10.7. The lowest BCUT2D eigenvalue weighted by Gasteiger charge is -2.32. The molecule has 0 radical (unpaired) electrons. The fourth-order valence-corrected chi connectivity index (χ4v) is 3.08. The van der Waals surface area contributed by atoms with E-state index in [0.29, 0.717) is 0 Å². The molecule has 2 rings (SSSR count). The molecule has 2 aliphatic rings. The zero-order valence-electron chi connectivity index (χ0n) is 10.3. The lowest BCUT2D eigenvalue weighted by Crippen LogP contribution is -2.37. The van der Waals surface area contributed by atoms with Crippen molar-refractivity contribution in [2.75, 3.05) is 26.7 Å². The first-order chi connectivity index (χ1) is 7.25. The largest absolute Gasteiger partial charge is 0.315 e. The molecule has 1 N–H and O–H groups in total. The summed E-state index contributed by atoms with van der Waals surface area (Å²) < 4.78 is 0. The second kappa shape index (κ2) is 5.31. The highest BCUT2D eigenvalue weighted by molar-refractivity contribution is 4.81. The van der Waals surface area contributed by atoms with E-state index in [9.17, 15) is 0 Å². The Morgan fingerprint density at radius 3 is 2.47 bits per heavy atom. The molecule has 0 aromatic carbocycles. The summed E-state index contributed by atoms with van der Waals surface area (Å²) in [5.74, 6) is 1.96. The van der Waals surface area contributed by atoms with Gasteiger partial charge >= 0.3 is 0 Å². The molecule has 1 aliphatic carbocycles. The van der Waals surface area contributed by atoms with Gasteiger partial charge in [-0.2, -0.15) is 0 Å². The predicted molar refractivity (Wildman–Crippen MR) is 65.0 cm³/mol. The maximum atomic E-state index is 3.46. The Morgan fingerprint density at radius 1 is 1.13 bits per heavy atom. The van der Waals surface area contributed by atoms with Crippen LogP contribution < -0.4 is 5.32 Å². The van der Waals surface area contributed by atoms with Crippen LogP contribution in [0.15, 0.2) is 0 Å². The maximum absolute atomic E-state index is 3.46. The molecule has 0 aromatic heterocycles. The van der Waals surface area contributed by atoms with E-state index in [0.717, 1.165) is 17.9 Å². The molecule has 1 aliphatic heterocycles. The van der Waals surface area contributed by atoms with E-state index in [-0.39, 0.29) is 0 Å². The van der Waals surface area contributed by atoms with Gasteiger partial charge in [-0.3, -0.25) is 0 Å². The van der Waals surface area contributed by atoms with Gasteiger partial charge in [0.25, 0.3) is 0 Å². The fourth-order valence-electron chi connectivity index (χ4n) is 3.08. The number of hydrogen-bond acceptors (Lipinski definition) is 2. The smallest absolute Gasteiger partial charge is 0.0229 e. The lowest BCUT2D eigenvalue weighted by atomic mass is 9.82. The maximum Gasteiger partial charge on any atom is 0.0229 e. The van der Waals surface area contributed by atoms with Crippen LogP contribution in [0.25, 0.3) is 0 Å². The van der Waals surface area contributed by atoms with Crippen molar-refractivity contribution in [1.29, 1.82) is 0 Å². The van der Waals surface area contributed by atoms with Gasteiger partial charge in [-0.25, -0.2) is 0 Å². The van der Waals surface area contributed by atoms with E-state index in [1.54, 1.807) is 0 Å². The second-order valence-corrected chi connectivity index (χ2v) is 5.71. The average Bonchev–Trinajstić information content (AvgIpc) is 2.74. The second-order valence-electron chi connectivity index (χ2n) is 5.71. The highest BCUT2D eigenvalue weighted by Crippen LogP contribution is 2.29. The molecule has 0 amide bonds. The Hall–Kier alpha value is -0.0800. The Balaban J connectivity index is 1.71. The van der Waals surface area contributed by atoms with E-state index in [2.05, 4.69) is 24.2 Å². The standard InChI is InChI=1S/C13H26N2/c1-11-3-5-12(6-4-11)10-15(2)13-7-8-14-9-13/h11-14H,3-10H2,1-2H3. The van der Waals surface area contributed by atoms with E-state index in [1.165, 1.54) is 51.7 Å². The van der Waals surface area contributed by atoms with Crippen molar-refractivity contribution in [2.24, 2.45) is 11.8 Å². The van der Waals surface area contributed by atoms with Crippen LogP contribution in [-0.2, 0) is 0 Å². The third kappa shape index (κ3) is 3.18. The fraction of sp³-hybridized carbons (Fsp3) is 1.00. The molecule has 15 heavy (non-hydrogen) atoms. The number of likely N-dealkylation sites (N-methyl/N-ethyl adjacent to an activating group) is 1. The molecule has 0 aromatic rings. The summed E-state index contributed by atoms with van der Waals surface area (Å²) in [4.78, 5) is 2.60. The Bertz CT molecular complexity index is 179. The number of nitrogens with zero attached hydrogens (tertiary/aromatic N) is 1. The first-order valence-electron chi connectivity index (χ1n) is 6.66. The molecule has 2 heteroatoms. The van der Waals surface area contributed by atoms with Crippen LogP contribution >= 0.6 is 0 Å². The van der Waals surface area contributed by atoms with Crippen molar-refractivity contribution in [3.63, 3.8) is 0 Å². The number of nitrogens with one attached hydrogen (secondary N) is 1. The summed E-state index contributed by atoms with van der Waals surface area (Å²) in [5, 5.41) is 3.46. The highest BCUT2D eigenvalue weighted by Gasteiger charge is 2.24. The van der Waals surface area contributed by atoms with Crippen LogP contribution in [0.5, 0.6) is 0 Å². The van der Waals surface area contributed by atoms with Crippen LogP contribution in [0, 0.1) is 11.8 Å². The van der Waals surface area contributed by atoms with Crippen molar-refractivity contribution >= 4 is 0 Å². The molecule has 1 atom stereocenters. The Labute approximate surface area is 94.4 Å². The molecule has 0 spiro atoms. The van der Waals surface area contributed by atoms with Gasteiger partial charge in [0.2, 0.25) is 0 Å². The van der Waals surface area contributed by atoms with E-state index >= 15 is 0 Å². The minimum atomic E-state index is 0.810. The zero-order valence-corrected chi connectivity index (χ0v) is 10.3. The molecule has 88 valence electrons. The van der Waals surface area contributed by atoms with Crippen molar-refractivity contribution in [3.8, 4) is 0 Å². The number of rotatable bonds is 3. The molecule has 0 bridgehead atoms. The van der Waals surface area contributed by atoms with Gasteiger partial charge in [-0.1, -0.05) is 19.8 Å². The van der Waals surface area contributed by atoms with E-state index in [4.69, 9.17) is 0 Å². The molecule has 1 heterocycles. The van der Waals surface area contributed by atoms with Crippen molar-refractivity contribution < 1.29 is 0 Å². The third-order valence-corrected chi connectivity index (χ3v) is 4.34. The van der Waals surface area contributed by atoms with Crippen LogP contribution in [0.1, 0.15) is 39.0 Å². The first-order valence-corrected chi connectivity index (χ1v) is 6.66. The van der Waals surface area contributed by atoms with E-state index in [1.807, 2.05) is 0 Å². The Morgan fingerprint density at radius 2 is 1.87 bits per heavy atom. The lowest BCUT2D eigenvalue weighted by molar-refractivity contribution is 0.176. The topological polar surface area (TPSA) is 15.3 Å². The molecule has 2 fully saturated rings. The van der Waals surface area contributed by atoms with E-state index < -0.39 is 0 Å². The van der Waals surface area contributed by atoms with Gasteiger partial charge in [0.1, 0.15) is 0 Å². The van der Waals surface area contributed by atoms with Crippen LogP contribution in [0.3, 0.4) is 0 Å². The summed E-state index contributed by atoms with van der Waals surface area (Å²) in [6, 6.07) is 0.810. The first kappa shape index (κ1) is 11.4. The average molecular weight is 210 g/mol. The Kier molecular flexibility index (Phi) is 4.04. The van der Waals surface area contributed by atoms with Gasteiger partial charge in [0.05, 0.1) is 0 Å². The SMILES string of the molecule is CC1CCC(CN(C)C2CCNC2)CC1. The molecule has 1 unspecified atom stereocenters. The van der Waals surface area contributed by atoms with Crippen LogP contribution in [-0.4, -0.2) is 37.6 Å². The number of hydrogen-bond donors (Lipinski definition) is 1. The highest BCUT2D eigenvalue weighted by atomic mass is 15.2. The summed E-state index contributed by atoms with van der Waals surface area (Å²) in [6.07, 6.45) is 7.19. The molecule has 1 saturated carbocycles. The molecular weight excluding hydrogens is 184 g/mol. The predicted octanol–water partition coefficient (Wildman–Crippen LogP) is 2.11. The van der Waals surface area contributed by atoms with Crippen LogP contribution in [0.2, 0.25) is 0 Å². The van der Waals surface area contributed by atoms with Crippen molar-refractivity contribution in [1.82, 2.24) is 10.2 Å². The minimum Gasteiger partial charge on any atom is -0.315 e. The summed E-state index contributed by atoms with van der Waals surface area (Å²) in [5.41, 5.74) is 0. The minimum absolute atomic E-state index is 0.810. The molecule has 2 nitrogen and oxygen atoms in total. The van der Waals surface area contributed by atoms with Gasteiger partial charge < -0.3 is 10.2 Å². The van der Waals surface area contributed by atoms with Crippen LogP contribution in [0.4, 0.5) is 0 Å². The monoisotopic (exact) mass is 210 g/mol. The van der Waals surface area contributed by atoms with Gasteiger partial charge in [0.15, 0.2) is 0 Å². The van der Waals surface area contributed by atoms with Gasteiger partial charge in [-0.15, -0.1) is 0 Å². The summed E-state index contributed by atoms with van der Waals surface area (Å²) >= 11 is 0. The van der Waals surface area contributed by atoms with Gasteiger partial charge in [0, 0.05) is 19.1 Å². The van der Waals surface area contributed by atoms with Crippen molar-refractivity contribution in [2.45, 2.75) is 45.1 Å². The van der Waals surface area contributed by atoms with Crippen molar-refractivity contribution in [3.05, 3.63) is 0 Å². The molecular formula is C13H26N2.